The molecule has 8 aromatic carbocycles. The minimum Gasteiger partial charge on any atom is -0.309 e. The van der Waals surface area contributed by atoms with E-state index in [4.69, 9.17) is 15.0 Å². The van der Waals surface area contributed by atoms with Crippen molar-refractivity contribution in [1.29, 1.82) is 0 Å². The first-order valence-electron chi connectivity index (χ1n) is 18.1. The van der Waals surface area contributed by atoms with Gasteiger partial charge in [0.25, 0.3) is 0 Å². The van der Waals surface area contributed by atoms with Crippen LogP contribution in [0.1, 0.15) is 0 Å². The molecule has 5 heteroatoms. The van der Waals surface area contributed by atoms with Gasteiger partial charge < -0.3 is 4.57 Å². The van der Waals surface area contributed by atoms with E-state index in [0.29, 0.717) is 5.82 Å². The predicted octanol–water partition coefficient (Wildman–Crippen LogP) is 13.2. The summed E-state index contributed by atoms with van der Waals surface area (Å²) in [6.45, 7) is 0. The Morgan fingerprint density at radius 2 is 1.02 bits per heavy atom. The molecule has 0 bridgehead atoms. The molecule has 0 amide bonds. The number of para-hydroxylation sites is 2. The molecule has 11 rings (SSSR count). The number of hydrogen-bond acceptors (Lipinski definition) is 4. The molecule has 0 atom stereocenters. The van der Waals surface area contributed by atoms with E-state index in [9.17, 15) is 0 Å². The van der Waals surface area contributed by atoms with Gasteiger partial charge in [-0.3, -0.25) is 0 Å². The van der Waals surface area contributed by atoms with Crippen molar-refractivity contribution in [2.24, 2.45) is 0 Å². The van der Waals surface area contributed by atoms with Crippen molar-refractivity contribution in [3.63, 3.8) is 0 Å². The third-order valence-corrected chi connectivity index (χ3v) is 11.5. The summed E-state index contributed by atoms with van der Waals surface area (Å²) in [7, 11) is 0. The smallest absolute Gasteiger partial charge is 0.160 e. The van der Waals surface area contributed by atoms with E-state index in [-0.39, 0.29) is 0 Å². The number of fused-ring (bicyclic) bond motifs is 8. The Morgan fingerprint density at radius 3 is 1.78 bits per heavy atom. The van der Waals surface area contributed by atoms with Crippen LogP contribution in [0.25, 0.3) is 104 Å². The Labute approximate surface area is 315 Å². The molecule has 0 aliphatic heterocycles. The molecular weight excluding hydrogens is 677 g/mol. The van der Waals surface area contributed by atoms with Gasteiger partial charge in [0.15, 0.2) is 5.82 Å². The minimum atomic E-state index is 0.703. The first-order chi connectivity index (χ1) is 26.7. The number of nitrogens with zero attached hydrogens (tertiary/aromatic N) is 4. The fraction of sp³-hybridized carbons (Fsp3) is 0. The van der Waals surface area contributed by atoms with Crippen LogP contribution < -0.4 is 0 Å². The predicted molar refractivity (Wildman–Crippen MR) is 226 cm³/mol. The second kappa shape index (κ2) is 12.3. The zero-order valence-corrected chi connectivity index (χ0v) is 29.8. The maximum absolute atomic E-state index is 5.38. The molecule has 4 nitrogen and oxygen atoms in total. The summed E-state index contributed by atoms with van der Waals surface area (Å²) in [5.41, 5.74) is 10.6. The summed E-state index contributed by atoms with van der Waals surface area (Å²) in [4.78, 5) is 15.6. The van der Waals surface area contributed by atoms with Crippen molar-refractivity contribution in [2.45, 2.75) is 0 Å². The van der Waals surface area contributed by atoms with Crippen LogP contribution in [0.3, 0.4) is 0 Å². The monoisotopic (exact) mass is 706 g/mol. The highest BCUT2D eigenvalue weighted by Gasteiger charge is 2.17. The highest BCUT2D eigenvalue weighted by molar-refractivity contribution is 7.21. The van der Waals surface area contributed by atoms with Gasteiger partial charge in [0.1, 0.15) is 5.01 Å². The molecule has 0 N–H and O–H groups in total. The van der Waals surface area contributed by atoms with Crippen molar-refractivity contribution in [2.75, 3.05) is 0 Å². The Balaban J connectivity index is 1.06. The van der Waals surface area contributed by atoms with Crippen molar-refractivity contribution in [1.82, 2.24) is 19.5 Å². The largest absolute Gasteiger partial charge is 0.309 e. The lowest BCUT2D eigenvalue weighted by atomic mass is 9.99. The molecule has 3 aromatic heterocycles. The second-order valence-corrected chi connectivity index (χ2v) is 14.7. The molecule has 3 heterocycles. The highest BCUT2D eigenvalue weighted by Crippen LogP contribution is 2.40. The minimum absolute atomic E-state index is 0.703. The van der Waals surface area contributed by atoms with Crippen molar-refractivity contribution in [3.05, 3.63) is 182 Å². The Hall–Kier alpha value is -6.95. The number of thiazole rings is 1. The SMILES string of the molecule is c1ccc(-c2cc(-c3ccccc3)nc(-c3ccc4c(ccc5ccc6sc(-c7ccc8c9ccccc9n(-c9ccccc9)c8c7)nc6c54)c3)n2)cc1. The second-order valence-electron chi connectivity index (χ2n) is 13.6. The fourth-order valence-corrected chi connectivity index (χ4v) is 8.82. The van der Waals surface area contributed by atoms with Gasteiger partial charge in [-0.2, -0.15) is 0 Å². The van der Waals surface area contributed by atoms with Gasteiger partial charge in [0.2, 0.25) is 0 Å². The Bertz CT molecular complexity index is 3140. The summed E-state index contributed by atoms with van der Waals surface area (Å²) in [5, 5.41) is 8.14. The maximum atomic E-state index is 5.38. The van der Waals surface area contributed by atoms with Crippen LogP contribution in [-0.2, 0) is 0 Å². The molecule has 252 valence electrons. The summed E-state index contributed by atoms with van der Waals surface area (Å²) in [6.07, 6.45) is 0. The van der Waals surface area contributed by atoms with Gasteiger partial charge in [0, 0.05) is 44.1 Å². The molecule has 0 unspecified atom stereocenters. The van der Waals surface area contributed by atoms with Gasteiger partial charge in [0.05, 0.1) is 32.6 Å². The number of hydrogen-bond donors (Lipinski definition) is 0. The topological polar surface area (TPSA) is 43.6 Å². The molecular formula is C49H30N4S. The average Bonchev–Trinajstić information content (AvgIpc) is 3.84. The van der Waals surface area contributed by atoms with E-state index in [0.717, 1.165) is 55.2 Å². The summed E-state index contributed by atoms with van der Waals surface area (Å²) in [6, 6.07) is 64.2. The van der Waals surface area contributed by atoms with E-state index >= 15 is 0 Å². The zero-order valence-electron chi connectivity index (χ0n) is 29.0. The standard InChI is InChI=1S/C49H30N4S/c1-4-12-31(13-5-1)41-30-42(32-14-6-2-7-15-32)51-48(50-41)35-22-25-38-34(28-35)21-20-33-24-27-45-47(46(33)38)52-49(54-45)36-23-26-40-39-18-10-11-19-43(39)53(44(40)29-36)37-16-8-3-9-17-37/h1-30H. The first kappa shape index (κ1) is 30.7. The van der Waals surface area contributed by atoms with Crippen LogP contribution in [0.5, 0.6) is 0 Å². The third-order valence-electron chi connectivity index (χ3n) is 10.4. The first-order valence-corrected chi connectivity index (χ1v) is 18.9. The van der Waals surface area contributed by atoms with Crippen molar-refractivity contribution >= 4 is 64.9 Å². The van der Waals surface area contributed by atoms with E-state index in [1.165, 1.54) is 42.7 Å². The van der Waals surface area contributed by atoms with Gasteiger partial charge in [-0.15, -0.1) is 11.3 Å². The lowest BCUT2D eigenvalue weighted by molar-refractivity contribution is 1.18. The van der Waals surface area contributed by atoms with Gasteiger partial charge >= 0.3 is 0 Å². The molecule has 11 aromatic rings. The molecule has 0 saturated heterocycles. The number of benzene rings is 8. The normalized spacial score (nSPS) is 11.7. The van der Waals surface area contributed by atoms with Crippen LogP contribution in [0.15, 0.2) is 182 Å². The van der Waals surface area contributed by atoms with Crippen LogP contribution in [0.2, 0.25) is 0 Å². The molecule has 0 aliphatic rings. The van der Waals surface area contributed by atoms with Gasteiger partial charge in [-0.1, -0.05) is 140 Å². The van der Waals surface area contributed by atoms with Crippen LogP contribution in [0.4, 0.5) is 0 Å². The quantitative estimate of drug-likeness (QED) is 0.167. The molecule has 0 radical (unpaired) electrons. The summed E-state index contributed by atoms with van der Waals surface area (Å²) in [5.74, 6) is 0.703. The Morgan fingerprint density at radius 1 is 0.407 bits per heavy atom. The lowest BCUT2D eigenvalue weighted by Crippen LogP contribution is -1.96. The highest BCUT2D eigenvalue weighted by atomic mass is 32.1. The van der Waals surface area contributed by atoms with Crippen LogP contribution in [-0.4, -0.2) is 19.5 Å². The van der Waals surface area contributed by atoms with Crippen LogP contribution >= 0.6 is 11.3 Å². The zero-order chi connectivity index (χ0) is 35.6. The third kappa shape index (κ3) is 5.01. The van der Waals surface area contributed by atoms with Gasteiger partial charge in [-0.05, 0) is 58.6 Å². The van der Waals surface area contributed by atoms with Gasteiger partial charge in [-0.25, -0.2) is 15.0 Å². The molecule has 0 aliphatic carbocycles. The molecule has 0 spiro atoms. The molecule has 0 saturated carbocycles. The maximum Gasteiger partial charge on any atom is 0.160 e. The molecule has 54 heavy (non-hydrogen) atoms. The van der Waals surface area contributed by atoms with E-state index in [1.54, 1.807) is 11.3 Å². The number of rotatable bonds is 5. The molecule has 0 fully saturated rings. The van der Waals surface area contributed by atoms with E-state index in [2.05, 4.69) is 150 Å². The van der Waals surface area contributed by atoms with E-state index in [1.807, 2.05) is 36.4 Å². The lowest BCUT2D eigenvalue weighted by Gasteiger charge is -2.11. The summed E-state index contributed by atoms with van der Waals surface area (Å²) >= 11 is 1.75. The van der Waals surface area contributed by atoms with E-state index < -0.39 is 0 Å². The summed E-state index contributed by atoms with van der Waals surface area (Å²) < 4.78 is 3.54. The van der Waals surface area contributed by atoms with Crippen molar-refractivity contribution < 1.29 is 0 Å². The van der Waals surface area contributed by atoms with Crippen molar-refractivity contribution in [3.8, 4) is 50.2 Å². The van der Waals surface area contributed by atoms with Crippen LogP contribution in [0, 0.1) is 0 Å². The number of aromatic nitrogens is 4. The average molecular weight is 707 g/mol. The fourth-order valence-electron chi connectivity index (χ4n) is 7.85. The Kier molecular flexibility index (Phi) is 7.00.